The molecule has 0 bridgehead atoms. The van der Waals surface area contributed by atoms with Gasteiger partial charge in [0.25, 0.3) is 0 Å². The maximum Gasteiger partial charge on any atom is 0.323 e. The zero-order valence-corrected chi connectivity index (χ0v) is 13.0. The SMILES string of the molecule is CCOC(=O)CS(=O)(=O)Nc1nc(-c2ccc(C)cc2)co1. The molecule has 118 valence electrons. The van der Waals surface area contributed by atoms with E-state index in [2.05, 4.69) is 14.4 Å². The Kier molecular flexibility index (Phi) is 4.81. The van der Waals surface area contributed by atoms with Gasteiger partial charge in [0, 0.05) is 5.56 Å². The lowest BCUT2D eigenvalue weighted by molar-refractivity contribution is -0.139. The van der Waals surface area contributed by atoms with Gasteiger partial charge in [-0.3, -0.25) is 4.79 Å². The predicted octanol–water partition coefficient (Wildman–Crippen LogP) is 1.95. The highest BCUT2D eigenvalue weighted by Gasteiger charge is 2.20. The summed E-state index contributed by atoms with van der Waals surface area (Å²) in [6, 6.07) is 7.33. The lowest BCUT2D eigenvalue weighted by atomic mass is 10.1. The van der Waals surface area contributed by atoms with Crippen molar-refractivity contribution in [3.63, 3.8) is 0 Å². The van der Waals surface area contributed by atoms with Crippen molar-refractivity contribution in [1.82, 2.24) is 4.98 Å². The molecule has 0 aliphatic carbocycles. The zero-order chi connectivity index (χ0) is 16.2. The van der Waals surface area contributed by atoms with Gasteiger partial charge in [-0.15, -0.1) is 0 Å². The molecule has 0 saturated heterocycles. The number of rotatable bonds is 6. The molecule has 22 heavy (non-hydrogen) atoms. The van der Waals surface area contributed by atoms with Crippen molar-refractivity contribution in [2.75, 3.05) is 17.1 Å². The highest BCUT2D eigenvalue weighted by molar-refractivity contribution is 7.93. The van der Waals surface area contributed by atoms with Gasteiger partial charge < -0.3 is 9.15 Å². The fraction of sp³-hybridized carbons (Fsp3) is 0.286. The summed E-state index contributed by atoms with van der Waals surface area (Å²) >= 11 is 0. The molecule has 0 atom stereocenters. The minimum atomic E-state index is -3.91. The summed E-state index contributed by atoms with van der Waals surface area (Å²) in [7, 11) is -3.91. The number of nitrogens with one attached hydrogen (secondary N) is 1. The Hall–Kier alpha value is -2.35. The number of esters is 1. The second-order valence-corrected chi connectivity index (χ2v) is 6.29. The van der Waals surface area contributed by atoms with E-state index >= 15 is 0 Å². The van der Waals surface area contributed by atoms with Crippen molar-refractivity contribution < 1.29 is 22.4 Å². The van der Waals surface area contributed by atoms with Crippen LogP contribution in [0.1, 0.15) is 12.5 Å². The number of ether oxygens (including phenoxy) is 1. The highest BCUT2D eigenvalue weighted by Crippen LogP contribution is 2.21. The summed E-state index contributed by atoms with van der Waals surface area (Å²) in [5.74, 6) is -1.62. The van der Waals surface area contributed by atoms with Crippen LogP contribution in [-0.4, -0.2) is 31.7 Å². The molecule has 2 rings (SSSR count). The largest absolute Gasteiger partial charge is 0.465 e. The molecule has 0 fully saturated rings. The molecule has 0 unspecified atom stereocenters. The predicted molar refractivity (Wildman–Crippen MR) is 80.7 cm³/mol. The topological polar surface area (TPSA) is 98.5 Å². The molecule has 1 aromatic carbocycles. The molecule has 0 aliphatic heterocycles. The van der Waals surface area contributed by atoms with E-state index in [1.165, 1.54) is 6.26 Å². The van der Waals surface area contributed by atoms with Crippen LogP contribution in [0.15, 0.2) is 34.9 Å². The van der Waals surface area contributed by atoms with Crippen LogP contribution in [0.3, 0.4) is 0 Å². The molecule has 1 heterocycles. The van der Waals surface area contributed by atoms with Crippen molar-refractivity contribution in [1.29, 1.82) is 0 Å². The van der Waals surface area contributed by atoms with Gasteiger partial charge in [-0.05, 0) is 13.8 Å². The molecule has 8 heteroatoms. The quantitative estimate of drug-likeness (QED) is 0.816. The second kappa shape index (κ2) is 6.61. The summed E-state index contributed by atoms with van der Waals surface area (Å²) in [6.07, 6.45) is 1.34. The van der Waals surface area contributed by atoms with E-state index < -0.39 is 21.7 Å². The second-order valence-electron chi connectivity index (χ2n) is 4.57. The zero-order valence-electron chi connectivity index (χ0n) is 12.2. The molecule has 1 N–H and O–H groups in total. The number of hydrogen-bond donors (Lipinski definition) is 1. The van der Waals surface area contributed by atoms with Gasteiger partial charge >= 0.3 is 12.0 Å². The monoisotopic (exact) mass is 324 g/mol. The van der Waals surface area contributed by atoms with E-state index in [0.717, 1.165) is 11.1 Å². The third-order valence-electron chi connectivity index (χ3n) is 2.71. The Labute approximate surface area is 128 Å². The van der Waals surface area contributed by atoms with Crippen molar-refractivity contribution in [3.05, 3.63) is 36.1 Å². The first-order valence-corrected chi connectivity index (χ1v) is 8.23. The Balaban J connectivity index is 2.08. The van der Waals surface area contributed by atoms with Crippen molar-refractivity contribution >= 4 is 22.0 Å². The Bertz CT molecular complexity index is 750. The molecular weight excluding hydrogens is 308 g/mol. The molecular formula is C14H16N2O5S. The minimum absolute atomic E-state index is 0.116. The third-order valence-corrected chi connectivity index (χ3v) is 3.81. The van der Waals surface area contributed by atoms with E-state index in [4.69, 9.17) is 4.42 Å². The van der Waals surface area contributed by atoms with Crippen molar-refractivity contribution in [3.8, 4) is 11.3 Å². The number of anilines is 1. The summed E-state index contributed by atoms with van der Waals surface area (Å²) in [5, 5.41) is 0. The first-order chi connectivity index (χ1) is 10.4. The van der Waals surface area contributed by atoms with Gasteiger partial charge in [-0.25, -0.2) is 13.1 Å². The number of carbonyl (C=O) groups excluding carboxylic acids is 1. The number of carbonyl (C=O) groups is 1. The molecule has 0 amide bonds. The van der Waals surface area contributed by atoms with Crippen LogP contribution in [0.2, 0.25) is 0 Å². The van der Waals surface area contributed by atoms with Crippen LogP contribution in [-0.2, 0) is 19.6 Å². The number of aryl methyl sites for hydroxylation is 1. The van der Waals surface area contributed by atoms with E-state index in [0.29, 0.717) is 5.69 Å². The molecule has 2 aromatic rings. The molecule has 0 spiro atoms. The summed E-state index contributed by atoms with van der Waals surface area (Å²) in [5.41, 5.74) is 2.39. The number of sulfonamides is 1. The fourth-order valence-electron chi connectivity index (χ4n) is 1.70. The van der Waals surface area contributed by atoms with E-state index in [1.807, 2.05) is 31.2 Å². The van der Waals surface area contributed by atoms with Crippen molar-refractivity contribution in [2.45, 2.75) is 13.8 Å². The van der Waals surface area contributed by atoms with Gasteiger partial charge in [0.2, 0.25) is 10.0 Å². The lowest BCUT2D eigenvalue weighted by Gasteiger charge is -2.03. The lowest BCUT2D eigenvalue weighted by Crippen LogP contribution is -2.24. The summed E-state index contributed by atoms with van der Waals surface area (Å²) < 4.78 is 35.3. The molecule has 0 radical (unpaired) electrons. The van der Waals surface area contributed by atoms with Gasteiger partial charge in [-0.2, -0.15) is 4.98 Å². The van der Waals surface area contributed by atoms with Crippen LogP contribution in [0.5, 0.6) is 0 Å². The number of nitrogens with zero attached hydrogens (tertiary/aromatic N) is 1. The number of oxazole rings is 1. The average Bonchev–Trinajstić information content (AvgIpc) is 2.86. The number of hydrogen-bond acceptors (Lipinski definition) is 6. The Morgan fingerprint density at radius 3 is 2.64 bits per heavy atom. The summed E-state index contributed by atoms with van der Waals surface area (Å²) in [6.45, 7) is 3.67. The van der Waals surface area contributed by atoms with E-state index in [-0.39, 0.29) is 12.6 Å². The van der Waals surface area contributed by atoms with E-state index in [9.17, 15) is 13.2 Å². The molecule has 0 aliphatic rings. The number of benzene rings is 1. The van der Waals surface area contributed by atoms with Crippen LogP contribution in [0.25, 0.3) is 11.3 Å². The Morgan fingerprint density at radius 2 is 2.00 bits per heavy atom. The van der Waals surface area contributed by atoms with E-state index in [1.54, 1.807) is 6.92 Å². The standard InChI is InChI=1S/C14H16N2O5S/c1-3-20-13(17)9-22(18,19)16-14-15-12(8-21-14)11-6-4-10(2)5-7-11/h4-8H,3,9H2,1-2H3,(H,15,16). The average molecular weight is 324 g/mol. The van der Waals surface area contributed by atoms with Crippen LogP contribution >= 0.6 is 0 Å². The van der Waals surface area contributed by atoms with Crippen LogP contribution in [0.4, 0.5) is 6.01 Å². The van der Waals surface area contributed by atoms with Gasteiger partial charge in [0.05, 0.1) is 6.61 Å². The molecule has 1 aromatic heterocycles. The van der Waals surface area contributed by atoms with Crippen LogP contribution < -0.4 is 4.72 Å². The number of aromatic nitrogens is 1. The molecule has 7 nitrogen and oxygen atoms in total. The first kappa shape index (κ1) is 16.0. The third kappa shape index (κ3) is 4.32. The highest BCUT2D eigenvalue weighted by atomic mass is 32.2. The molecule has 0 saturated carbocycles. The normalized spacial score (nSPS) is 11.2. The minimum Gasteiger partial charge on any atom is -0.465 e. The summed E-state index contributed by atoms with van der Waals surface area (Å²) in [4.78, 5) is 15.3. The van der Waals surface area contributed by atoms with Gasteiger partial charge in [0.15, 0.2) is 5.75 Å². The van der Waals surface area contributed by atoms with Crippen LogP contribution in [0, 0.1) is 6.92 Å². The smallest absolute Gasteiger partial charge is 0.323 e. The Morgan fingerprint density at radius 1 is 1.32 bits per heavy atom. The van der Waals surface area contributed by atoms with Crippen molar-refractivity contribution in [2.24, 2.45) is 0 Å². The maximum atomic E-state index is 11.8. The van der Waals surface area contributed by atoms with Gasteiger partial charge in [-0.1, -0.05) is 29.8 Å². The fourth-order valence-corrected chi connectivity index (χ4v) is 2.53. The maximum absolute atomic E-state index is 11.8. The van der Waals surface area contributed by atoms with Gasteiger partial charge in [0.1, 0.15) is 12.0 Å². The first-order valence-electron chi connectivity index (χ1n) is 6.58.